The fourth-order valence-electron chi connectivity index (χ4n) is 3.89. The molecule has 0 aromatic heterocycles. The van der Waals surface area contributed by atoms with Gasteiger partial charge in [0.1, 0.15) is 5.22 Å². The Balaban J connectivity index is 2.90. The lowest BCUT2D eigenvalue weighted by atomic mass is 10.00. The van der Waals surface area contributed by atoms with E-state index in [1.54, 1.807) is 0 Å². The topological polar surface area (TPSA) is 79.7 Å². The first-order valence-corrected chi connectivity index (χ1v) is 11.5. The van der Waals surface area contributed by atoms with Crippen LogP contribution in [0.3, 0.4) is 0 Å². The van der Waals surface area contributed by atoms with Crippen LogP contribution in [0, 0.1) is 0 Å². The monoisotopic (exact) mass is 346 g/mol. The Bertz CT molecular complexity index is 305. The second-order valence-corrected chi connectivity index (χ2v) is 9.98. The van der Waals surface area contributed by atoms with Crippen molar-refractivity contribution in [2.75, 3.05) is 26.4 Å². The van der Waals surface area contributed by atoms with Crippen LogP contribution in [0.1, 0.15) is 65.7 Å². The fourth-order valence-corrected chi connectivity index (χ4v) is 8.34. The zero-order chi connectivity index (χ0) is 17.2. The third-order valence-electron chi connectivity index (χ3n) is 4.90. The van der Waals surface area contributed by atoms with Crippen LogP contribution < -0.4 is 11.5 Å². The second-order valence-electron chi connectivity index (χ2n) is 6.48. The normalized spacial score (nSPS) is 25.4. The summed E-state index contributed by atoms with van der Waals surface area (Å²) in [6, 6.07) is 1.22. The Hall–Kier alpha value is 0.0169. The van der Waals surface area contributed by atoms with Gasteiger partial charge >= 0.3 is 8.56 Å². The molecular formula is C17H38N2O3Si. The average molecular weight is 347 g/mol. The standard InChI is InChI=1S/C17H38N2O3Si/c1-4-20-17(13-11-16(19)10-9-14-18)12-7-8-15-23(17,21-5-2)22-6-3/h16H,4-15,18-19H2,1-3H3. The highest BCUT2D eigenvalue weighted by atomic mass is 28.4. The summed E-state index contributed by atoms with van der Waals surface area (Å²) in [7, 11) is -2.38. The first-order chi connectivity index (χ1) is 11.1. The van der Waals surface area contributed by atoms with Crippen molar-refractivity contribution in [3.8, 4) is 0 Å². The molecule has 0 amide bonds. The molecule has 1 heterocycles. The zero-order valence-electron chi connectivity index (χ0n) is 15.4. The van der Waals surface area contributed by atoms with Gasteiger partial charge in [-0.25, -0.2) is 0 Å². The molecule has 0 saturated carbocycles. The number of ether oxygens (including phenoxy) is 1. The highest BCUT2D eigenvalue weighted by Crippen LogP contribution is 2.44. The molecule has 1 aliphatic heterocycles. The quantitative estimate of drug-likeness (QED) is 0.531. The summed E-state index contributed by atoms with van der Waals surface area (Å²) in [4.78, 5) is 0. The number of rotatable bonds is 12. The predicted molar refractivity (Wildman–Crippen MR) is 97.5 cm³/mol. The maximum Gasteiger partial charge on any atom is 0.371 e. The van der Waals surface area contributed by atoms with E-state index in [-0.39, 0.29) is 11.3 Å². The van der Waals surface area contributed by atoms with E-state index in [0.717, 1.165) is 38.1 Å². The summed E-state index contributed by atoms with van der Waals surface area (Å²) in [6.45, 7) is 8.99. The van der Waals surface area contributed by atoms with E-state index in [0.29, 0.717) is 26.4 Å². The van der Waals surface area contributed by atoms with Crippen molar-refractivity contribution in [2.45, 2.75) is 83.0 Å². The van der Waals surface area contributed by atoms with Gasteiger partial charge in [0.15, 0.2) is 0 Å². The molecule has 0 aromatic carbocycles. The van der Waals surface area contributed by atoms with Gasteiger partial charge in [0.25, 0.3) is 0 Å². The van der Waals surface area contributed by atoms with Gasteiger partial charge in [0, 0.05) is 25.9 Å². The van der Waals surface area contributed by atoms with Crippen molar-refractivity contribution < 1.29 is 13.6 Å². The molecule has 1 aliphatic rings. The number of nitrogens with two attached hydrogens (primary N) is 2. The Morgan fingerprint density at radius 2 is 1.74 bits per heavy atom. The van der Waals surface area contributed by atoms with E-state index in [4.69, 9.17) is 25.1 Å². The summed E-state index contributed by atoms with van der Waals surface area (Å²) >= 11 is 0. The summed E-state index contributed by atoms with van der Waals surface area (Å²) in [5.41, 5.74) is 11.9. The van der Waals surface area contributed by atoms with Crippen molar-refractivity contribution >= 4 is 8.56 Å². The third-order valence-corrected chi connectivity index (χ3v) is 9.46. The average Bonchev–Trinajstić information content (AvgIpc) is 2.54. The molecule has 0 spiro atoms. The highest BCUT2D eigenvalue weighted by Gasteiger charge is 2.59. The van der Waals surface area contributed by atoms with Crippen LogP contribution in [-0.2, 0) is 13.6 Å². The minimum absolute atomic E-state index is 0.188. The molecule has 4 N–H and O–H groups in total. The van der Waals surface area contributed by atoms with E-state index < -0.39 is 8.56 Å². The SMILES string of the molecule is CCOC1(CCC(N)CCCN)CCCC[Si]1(OCC)OCC. The largest absolute Gasteiger partial charge is 0.393 e. The summed E-state index contributed by atoms with van der Waals surface area (Å²) < 4.78 is 19.0. The van der Waals surface area contributed by atoms with Gasteiger partial charge in [-0.05, 0) is 65.5 Å². The third kappa shape index (κ3) is 5.51. The van der Waals surface area contributed by atoms with E-state index in [9.17, 15) is 0 Å². The Kier molecular flexibility index (Phi) is 9.88. The lowest BCUT2D eigenvalue weighted by Crippen LogP contribution is -2.66. The molecular weight excluding hydrogens is 308 g/mol. The van der Waals surface area contributed by atoms with E-state index in [2.05, 4.69) is 20.8 Å². The van der Waals surface area contributed by atoms with Crippen LogP contribution in [0.2, 0.25) is 6.04 Å². The molecule has 1 saturated heterocycles. The maximum absolute atomic E-state index is 6.38. The van der Waals surface area contributed by atoms with E-state index in [1.165, 1.54) is 12.8 Å². The van der Waals surface area contributed by atoms with Crippen molar-refractivity contribution in [2.24, 2.45) is 11.5 Å². The molecule has 1 rings (SSSR count). The van der Waals surface area contributed by atoms with Crippen molar-refractivity contribution in [1.29, 1.82) is 0 Å². The van der Waals surface area contributed by atoms with Gasteiger partial charge in [-0.1, -0.05) is 12.8 Å². The summed E-state index contributed by atoms with van der Waals surface area (Å²) in [5, 5.41) is -0.244. The molecule has 1 fully saturated rings. The minimum Gasteiger partial charge on any atom is -0.393 e. The fraction of sp³-hybridized carbons (Fsp3) is 1.00. The lowest BCUT2D eigenvalue weighted by molar-refractivity contribution is -0.0474. The summed E-state index contributed by atoms with van der Waals surface area (Å²) in [5.74, 6) is 0. The molecule has 0 aromatic rings. The van der Waals surface area contributed by atoms with Crippen LogP contribution in [0.15, 0.2) is 0 Å². The van der Waals surface area contributed by atoms with Gasteiger partial charge in [-0.2, -0.15) is 0 Å². The Morgan fingerprint density at radius 1 is 1.04 bits per heavy atom. The van der Waals surface area contributed by atoms with E-state index >= 15 is 0 Å². The highest BCUT2D eigenvalue weighted by molar-refractivity contribution is 6.70. The number of hydrogen-bond donors (Lipinski definition) is 2. The van der Waals surface area contributed by atoms with E-state index in [1.807, 2.05) is 0 Å². The summed E-state index contributed by atoms with van der Waals surface area (Å²) in [6.07, 6.45) is 7.27. The molecule has 2 atom stereocenters. The van der Waals surface area contributed by atoms with Crippen LogP contribution in [0.5, 0.6) is 0 Å². The molecule has 6 heteroatoms. The Morgan fingerprint density at radius 3 is 2.30 bits per heavy atom. The molecule has 2 unspecified atom stereocenters. The minimum atomic E-state index is -2.38. The van der Waals surface area contributed by atoms with Crippen LogP contribution in [0.25, 0.3) is 0 Å². The lowest BCUT2D eigenvalue weighted by Gasteiger charge is -2.49. The van der Waals surface area contributed by atoms with Crippen LogP contribution in [-0.4, -0.2) is 46.2 Å². The first kappa shape index (κ1) is 21.1. The van der Waals surface area contributed by atoms with Crippen molar-refractivity contribution in [3.63, 3.8) is 0 Å². The first-order valence-electron chi connectivity index (χ1n) is 9.47. The molecule has 23 heavy (non-hydrogen) atoms. The van der Waals surface area contributed by atoms with Gasteiger partial charge in [-0.15, -0.1) is 0 Å². The maximum atomic E-state index is 6.38. The Labute approximate surface area is 143 Å². The van der Waals surface area contributed by atoms with Crippen LogP contribution >= 0.6 is 0 Å². The van der Waals surface area contributed by atoms with Crippen molar-refractivity contribution in [1.82, 2.24) is 0 Å². The van der Waals surface area contributed by atoms with Gasteiger partial charge in [0.2, 0.25) is 0 Å². The predicted octanol–water partition coefficient (Wildman–Crippen LogP) is 2.85. The zero-order valence-corrected chi connectivity index (χ0v) is 16.4. The van der Waals surface area contributed by atoms with Gasteiger partial charge in [-0.3, -0.25) is 0 Å². The van der Waals surface area contributed by atoms with Crippen molar-refractivity contribution in [3.05, 3.63) is 0 Å². The van der Waals surface area contributed by atoms with Gasteiger partial charge in [0.05, 0.1) is 0 Å². The molecule has 0 radical (unpaired) electrons. The second kappa shape index (κ2) is 10.8. The molecule has 0 bridgehead atoms. The van der Waals surface area contributed by atoms with Gasteiger partial charge < -0.3 is 25.1 Å². The smallest absolute Gasteiger partial charge is 0.371 e. The molecule has 5 nitrogen and oxygen atoms in total. The molecule has 138 valence electrons. The number of hydrogen-bond acceptors (Lipinski definition) is 5. The molecule has 0 aliphatic carbocycles. The van der Waals surface area contributed by atoms with Crippen LogP contribution in [0.4, 0.5) is 0 Å².